The van der Waals surface area contributed by atoms with Crippen LogP contribution < -0.4 is 0 Å². The second kappa shape index (κ2) is 3.45. The molecule has 0 aliphatic rings. The van der Waals surface area contributed by atoms with Gasteiger partial charge in [0.1, 0.15) is 5.75 Å². The monoisotopic (exact) mass is 195 g/mol. The van der Waals surface area contributed by atoms with Crippen LogP contribution >= 0.6 is 0 Å². The van der Waals surface area contributed by atoms with Gasteiger partial charge in [-0.05, 0) is 19.4 Å². The zero-order valence-electron chi connectivity index (χ0n) is 7.77. The van der Waals surface area contributed by atoms with Crippen LogP contribution in [0.4, 0.5) is 5.69 Å². The van der Waals surface area contributed by atoms with Gasteiger partial charge in [-0.2, -0.15) is 0 Å². The molecule has 1 aromatic carbocycles. The van der Waals surface area contributed by atoms with Crippen LogP contribution in [0.5, 0.6) is 5.75 Å². The number of nitro groups is 1. The van der Waals surface area contributed by atoms with Gasteiger partial charge in [0.15, 0.2) is 5.78 Å². The number of hydrogen-bond donors (Lipinski definition) is 1. The number of phenolic OH excluding ortho intramolecular Hbond substituents is 1. The Morgan fingerprint density at radius 1 is 1.50 bits per heavy atom. The Hall–Kier alpha value is -1.91. The van der Waals surface area contributed by atoms with Crippen LogP contribution in [0.15, 0.2) is 12.1 Å². The second-order valence-electron chi connectivity index (χ2n) is 2.97. The molecule has 0 aliphatic heterocycles. The van der Waals surface area contributed by atoms with Gasteiger partial charge in [0.25, 0.3) is 5.69 Å². The molecule has 0 heterocycles. The third kappa shape index (κ3) is 1.71. The Morgan fingerprint density at radius 3 is 2.43 bits per heavy atom. The highest BCUT2D eigenvalue weighted by Crippen LogP contribution is 2.27. The van der Waals surface area contributed by atoms with Crippen molar-refractivity contribution in [3.8, 4) is 5.75 Å². The summed E-state index contributed by atoms with van der Waals surface area (Å²) in [6.45, 7) is 2.84. The highest BCUT2D eigenvalue weighted by molar-refractivity contribution is 5.98. The normalized spacial score (nSPS) is 9.86. The number of carbonyl (C=O) groups is 1. The van der Waals surface area contributed by atoms with Crippen molar-refractivity contribution in [2.75, 3.05) is 0 Å². The number of nitrogens with zero attached hydrogens (tertiary/aromatic N) is 1. The molecule has 0 aromatic heterocycles. The number of rotatable bonds is 2. The Bertz CT molecular complexity index is 388. The van der Waals surface area contributed by atoms with E-state index in [4.69, 9.17) is 0 Å². The lowest BCUT2D eigenvalue weighted by Crippen LogP contribution is -1.98. The van der Waals surface area contributed by atoms with E-state index < -0.39 is 4.92 Å². The minimum absolute atomic E-state index is 0.135. The van der Waals surface area contributed by atoms with Gasteiger partial charge >= 0.3 is 0 Å². The summed E-state index contributed by atoms with van der Waals surface area (Å²) >= 11 is 0. The van der Waals surface area contributed by atoms with Crippen molar-refractivity contribution in [3.63, 3.8) is 0 Å². The van der Waals surface area contributed by atoms with Crippen LogP contribution in [0.1, 0.15) is 22.8 Å². The van der Waals surface area contributed by atoms with Crippen LogP contribution in [-0.4, -0.2) is 15.8 Å². The van der Waals surface area contributed by atoms with Crippen LogP contribution in [0.2, 0.25) is 0 Å². The molecular formula is C9H9NO4. The highest BCUT2D eigenvalue weighted by atomic mass is 16.6. The lowest BCUT2D eigenvalue weighted by atomic mass is 10.0. The molecular weight excluding hydrogens is 186 g/mol. The molecule has 0 spiro atoms. The number of Topliss-reactive ketones (excluding diaryl/α,β-unsaturated/α-hetero) is 1. The van der Waals surface area contributed by atoms with Crippen molar-refractivity contribution in [1.82, 2.24) is 0 Å². The third-order valence-electron chi connectivity index (χ3n) is 1.86. The van der Waals surface area contributed by atoms with E-state index in [-0.39, 0.29) is 22.8 Å². The maximum absolute atomic E-state index is 11.0. The third-order valence-corrected chi connectivity index (χ3v) is 1.86. The van der Waals surface area contributed by atoms with Gasteiger partial charge in [-0.1, -0.05) is 0 Å². The van der Waals surface area contributed by atoms with Crippen molar-refractivity contribution in [2.24, 2.45) is 0 Å². The highest BCUT2D eigenvalue weighted by Gasteiger charge is 2.16. The van der Waals surface area contributed by atoms with E-state index in [0.29, 0.717) is 5.56 Å². The molecule has 0 aliphatic carbocycles. The minimum Gasteiger partial charge on any atom is -0.507 e. The number of ketones is 1. The first-order chi connectivity index (χ1) is 6.43. The molecule has 0 amide bonds. The van der Waals surface area contributed by atoms with Gasteiger partial charge in [-0.3, -0.25) is 14.9 Å². The van der Waals surface area contributed by atoms with Gasteiger partial charge in [0.2, 0.25) is 0 Å². The molecule has 0 unspecified atom stereocenters. The van der Waals surface area contributed by atoms with E-state index in [1.807, 2.05) is 0 Å². The molecule has 74 valence electrons. The summed E-state index contributed by atoms with van der Waals surface area (Å²) in [5, 5.41) is 19.8. The Balaban J connectivity index is 3.39. The molecule has 0 radical (unpaired) electrons. The first kappa shape index (κ1) is 10.2. The molecule has 0 atom stereocenters. The maximum atomic E-state index is 11.0. The second-order valence-corrected chi connectivity index (χ2v) is 2.97. The number of phenols is 1. The summed E-state index contributed by atoms with van der Waals surface area (Å²) in [5.74, 6) is -0.654. The van der Waals surface area contributed by atoms with Crippen molar-refractivity contribution >= 4 is 11.5 Å². The van der Waals surface area contributed by atoms with Crippen molar-refractivity contribution < 1.29 is 14.8 Å². The number of non-ortho nitro benzene ring substituents is 1. The quantitative estimate of drug-likeness (QED) is 0.443. The van der Waals surface area contributed by atoms with E-state index >= 15 is 0 Å². The SMILES string of the molecule is CC(=O)c1c(C)cc([N+](=O)[O-])cc1O. The number of aromatic hydroxyl groups is 1. The predicted octanol–water partition coefficient (Wildman–Crippen LogP) is 1.81. The maximum Gasteiger partial charge on any atom is 0.273 e. The summed E-state index contributed by atoms with van der Waals surface area (Å²) in [6, 6.07) is 2.24. The van der Waals surface area contributed by atoms with E-state index in [1.54, 1.807) is 6.92 Å². The summed E-state index contributed by atoms with van der Waals surface area (Å²) in [5.41, 5.74) is 0.324. The minimum atomic E-state index is -0.614. The molecule has 5 heteroatoms. The first-order valence-corrected chi connectivity index (χ1v) is 3.92. The molecule has 0 saturated carbocycles. The van der Waals surface area contributed by atoms with Crippen LogP contribution in [-0.2, 0) is 0 Å². The number of nitro benzene ring substituents is 1. The van der Waals surface area contributed by atoms with E-state index in [2.05, 4.69) is 0 Å². The van der Waals surface area contributed by atoms with E-state index in [9.17, 15) is 20.0 Å². The number of carbonyl (C=O) groups excluding carboxylic acids is 1. The lowest BCUT2D eigenvalue weighted by Gasteiger charge is -2.04. The van der Waals surface area contributed by atoms with Crippen molar-refractivity contribution in [1.29, 1.82) is 0 Å². The largest absolute Gasteiger partial charge is 0.507 e. The van der Waals surface area contributed by atoms with Gasteiger partial charge in [0.05, 0.1) is 16.6 Å². The number of benzene rings is 1. The average molecular weight is 195 g/mol. The standard InChI is InChI=1S/C9H9NO4/c1-5-3-7(10(13)14)4-8(12)9(5)6(2)11/h3-4,12H,1-2H3. The average Bonchev–Trinajstić information content (AvgIpc) is 2.01. The summed E-state index contributed by atoms with van der Waals surface area (Å²) < 4.78 is 0. The van der Waals surface area contributed by atoms with Gasteiger partial charge in [-0.25, -0.2) is 0 Å². The molecule has 1 rings (SSSR count). The zero-order chi connectivity index (χ0) is 10.9. The zero-order valence-corrected chi connectivity index (χ0v) is 7.77. The fourth-order valence-corrected chi connectivity index (χ4v) is 1.31. The molecule has 5 nitrogen and oxygen atoms in total. The van der Waals surface area contributed by atoms with Gasteiger partial charge in [0, 0.05) is 6.07 Å². The van der Waals surface area contributed by atoms with Gasteiger partial charge < -0.3 is 5.11 Å². The van der Waals surface area contributed by atoms with E-state index in [0.717, 1.165) is 6.07 Å². The predicted molar refractivity (Wildman–Crippen MR) is 49.5 cm³/mol. The van der Waals surface area contributed by atoms with Crippen LogP contribution in [0.25, 0.3) is 0 Å². The fourth-order valence-electron chi connectivity index (χ4n) is 1.31. The van der Waals surface area contributed by atoms with E-state index in [1.165, 1.54) is 13.0 Å². The summed E-state index contributed by atoms with van der Waals surface area (Å²) in [6.07, 6.45) is 0. The molecule has 0 bridgehead atoms. The molecule has 0 saturated heterocycles. The Kier molecular flexibility index (Phi) is 2.51. The Morgan fingerprint density at radius 2 is 2.07 bits per heavy atom. The molecule has 1 aromatic rings. The Labute approximate surface area is 80.1 Å². The fraction of sp³-hybridized carbons (Fsp3) is 0.222. The van der Waals surface area contributed by atoms with Gasteiger partial charge in [-0.15, -0.1) is 0 Å². The lowest BCUT2D eigenvalue weighted by molar-refractivity contribution is -0.385. The molecule has 0 fully saturated rings. The topological polar surface area (TPSA) is 80.4 Å². The van der Waals surface area contributed by atoms with Crippen LogP contribution in [0.3, 0.4) is 0 Å². The summed E-state index contributed by atoms with van der Waals surface area (Å²) in [7, 11) is 0. The smallest absolute Gasteiger partial charge is 0.273 e. The first-order valence-electron chi connectivity index (χ1n) is 3.92. The number of aryl methyl sites for hydroxylation is 1. The van der Waals surface area contributed by atoms with Crippen LogP contribution in [0, 0.1) is 17.0 Å². The van der Waals surface area contributed by atoms with Crippen molar-refractivity contribution in [3.05, 3.63) is 33.4 Å². The molecule has 1 N–H and O–H groups in total. The number of hydrogen-bond acceptors (Lipinski definition) is 4. The molecule has 14 heavy (non-hydrogen) atoms. The summed E-state index contributed by atoms with van der Waals surface area (Å²) in [4.78, 5) is 20.8. The van der Waals surface area contributed by atoms with Crippen molar-refractivity contribution in [2.45, 2.75) is 13.8 Å².